The molecule has 0 aromatic heterocycles. The standard InChI is InChI=1S/C19H21NO2/c1-15(22-18-10-6-3-7-11-18)19(21)20-13-12-17(14-20)16-8-4-2-5-9-16/h2-11,15,17H,12-14H2,1H3/t15-,17-/m0/s1. The minimum atomic E-state index is -0.447. The van der Waals surface area contributed by atoms with E-state index in [1.807, 2.05) is 48.2 Å². The summed E-state index contributed by atoms with van der Waals surface area (Å²) in [6, 6.07) is 19.9. The van der Waals surface area contributed by atoms with Crippen LogP contribution in [0.15, 0.2) is 60.7 Å². The second-order valence-corrected chi connectivity index (χ2v) is 5.75. The van der Waals surface area contributed by atoms with Crippen molar-refractivity contribution >= 4 is 5.91 Å². The molecule has 1 amide bonds. The molecule has 0 bridgehead atoms. The van der Waals surface area contributed by atoms with Gasteiger partial charge < -0.3 is 9.64 Å². The van der Waals surface area contributed by atoms with Gasteiger partial charge in [-0.05, 0) is 31.0 Å². The summed E-state index contributed by atoms with van der Waals surface area (Å²) in [4.78, 5) is 14.4. The van der Waals surface area contributed by atoms with E-state index in [4.69, 9.17) is 4.74 Å². The molecule has 0 saturated carbocycles. The third-order valence-corrected chi connectivity index (χ3v) is 4.17. The van der Waals surface area contributed by atoms with Crippen LogP contribution in [0.2, 0.25) is 0 Å². The summed E-state index contributed by atoms with van der Waals surface area (Å²) in [6.07, 6.45) is 0.574. The molecule has 114 valence electrons. The van der Waals surface area contributed by atoms with Crippen molar-refractivity contribution in [2.45, 2.75) is 25.4 Å². The fraction of sp³-hybridized carbons (Fsp3) is 0.316. The van der Waals surface area contributed by atoms with Gasteiger partial charge in [-0.3, -0.25) is 4.79 Å². The van der Waals surface area contributed by atoms with E-state index in [0.29, 0.717) is 5.92 Å². The number of carbonyl (C=O) groups is 1. The van der Waals surface area contributed by atoms with Crippen molar-refractivity contribution in [1.29, 1.82) is 0 Å². The van der Waals surface area contributed by atoms with Crippen LogP contribution in [-0.2, 0) is 4.79 Å². The van der Waals surface area contributed by atoms with Gasteiger partial charge in [0.1, 0.15) is 5.75 Å². The predicted molar refractivity (Wildman–Crippen MR) is 86.9 cm³/mol. The first-order chi connectivity index (χ1) is 10.7. The van der Waals surface area contributed by atoms with Crippen LogP contribution in [0.1, 0.15) is 24.8 Å². The van der Waals surface area contributed by atoms with Gasteiger partial charge in [-0.2, -0.15) is 0 Å². The van der Waals surface area contributed by atoms with Crippen LogP contribution in [0.5, 0.6) is 5.75 Å². The van der Waals surface area contributed by atoms with Gasteiger partial charge >= 0.3 is 0 Å². The van der Waals surface area contributed by atoms with Crippen molar-refractivity contribution < 1.29 is 9.53 Å². The van der Waals surface area contributed by atoms with Crippen molar-refractivity contribution in [3.05, 3.63) is 66.2 Å². The lowest BCUT2D eigenvalue weighted by Gasteiger charge is -2.22. The van der Waals surface area contributed by atoms with Crippen LogP contribution in [0.25, 0.3) is 0 Å². The second kappa shape index (κ2) is 6.65. The number of hydrogen-bond donors (Lipinski definition) is 0. The lowest BCUT2D eigenvalue weighted by Crippen LogP contribution is -2.39. The number of likely N-dealkylation sites (tertiary alicyclic amines) is 1. The maximum Gasteiger partial charge on any atom is 0.263 e. The maximum absolute atomic E-state index is 12.5. The largest absolute Gasteiger partial charge is 0.481 e. The SMILES string of the molecule is C[C@H](Oc1ccccc1)C(=O)N1CC[C@H](c2ccccc2)C1. The van der Waals surface area contributed by atoms with Gasteiger partial charge in [0.25, 0.3) is 5.91 Å². The summed E-state index contributed by atoms with van der Waals surface area (Å²) < 4.78 is 5.74. The zero-order valence-corrected chi connectivity index (χ0v) is 12.8. The molecule has 1 saturated heterocycles. The Labute approximate surface area is 131 Å². The molecule has 0 spiro atoms. The molecule has 3 nitrogen and oxygen atoms in total. The number of benzene rings is 2. The molecule has 2 atom stereocenters. The van der Waals surface area contributed by atoms with Crippen LogP contribution in [0.3, 0.4) is 0 Å². The molecule has 0 radical (unpaired) electrons. The Hall–Kier alpha value is -2.29. The molecule has 0 aliphatic carbocycles. The van der Waals surface area contributed by atoms with Gasteiger partial charge in [-0.25, -0.2) is 0 Å². The van der Waals surface area contributed by atoms with Gasteiger partial charge in [0, 0.05) is 19.0 Å². The van der Waals surface area contributed by atoms with Crippen LogP contribution >= 0.6 is 0 Å². The molecule has 1 aliphatic heterocycles. The second-order valence-electron chi connectivity index (χ2n) is 5.75. The minimum Gasteiger partial charge on any atom is -0.481 e. The molecule has 2 aromatic carbocycles. The zero-order chi connectivity index (χ0) is 15.4. The summed E-state index contributed by atoms with van der Waals surface area (Å²) in [6.45, 7) is 3.41. The van der Waals surface area contributed by atoms with E-state index in [1.54, 1.807) is 0 Å². The Kier molecular flexibility index (Phi) is 4.42. The monoisotopic (exact) mass is 295 g/mol. The van der Waals surface area contributed by atoms with Crippen molar-refractivity contribution in [2.24, 2.45) is 0 Å². The number of hydrogen-bond acceptors (Lipinski definition) is 2. The summed E-state index contributed by atoms with van der Waals surface area (Å²) in [5, 5.41) is 0. The molecule has 22 heavy (non-hydrogen) atoms. The molecule has 1 heterocycles. The molecular formula is C19H21NO2. The van der Waals surface area contributed by atoms with Crippen LogP contribution in [-0.4, -0.2) is 30.0 Å². The highest BCUT2D eigenvalue weighted by Crippen LogP contribution is 2.27. The Bertz CT molecular complexity index is 612. The van der Waals surface area contributed by atoms with E-state index in [1.165, 1.54) is 5.56 Å². The van der Waals surface area contributed by atoms with Crippen molar-refractivity contribution in [1.82, 2.24) is 4.90 Å². The average Bonchev–Trinajstić information content (AvgIpc) is 3.06. The van der Waals surface area contributed by atoms with Crippen LogP contribution < -0.4 is 4.74 Å². The fourth-order valence-electron chi connectivity index (χ4n) is 2.97. The van der Waals surface area contributed by atoms with E-state index in [-0.39, 0.29) is 5.91 Å². The number of ether oxygens (including phenoxy) is 1. The molecule has 0 N–H and O–H groups in total. The smallest absolute Gasteiger partial charge is 0.263 e. The molecule has 1 fully saturated rings. The molecule has 0 unspecified atom stereocenters. The lowest BCUT2D eigenvalue weighted by molar-refractivity contribution is -0.136. The van der Waals surface area contributed by atoms with Gasteiger partial charge in [-0.1, -0.05) is 48.5 Å². The topological polar surface area (TPSA) is 29.5 Å². The number of carbonyl (C=O) groups excluding carboxylic acids is 1. The minimum absolute atomic E-state index is 0.0716. The Morgan fingerprint density at radius 1 is 1.09 bits per heavy atom. The molecular weight excluding hydrogens is 274 g/mol. The van der Waals surface area contributed by atoms with Crippen molar-refractivity contribution in [3.8, 4) is 5.75 Å². The van der Waals surface area contributed by atoms with Crippen LogP contribution in [0, 0.1) is 0 Å². The molecule has 3 heteroatoms. The summed E-state index contributed by atoms with van der Waals surface area (Å²) in [7, 11) is 0. The number of amides is 1. The van der Waals surface area contributed by atoms with E-state index in [2.05, 4.69) is 24.3 Å². The van der Waals surface area contributed by atoms with E-state index < -0.39 is 6.10 Å². The van der Waals surface area contributed by atoms with E-state index >= 15 is 0 Å². The van der Waals surface area contributed by atoms with Crippen LogP contribution in [0.4, 0.5) is 0 Å². The Balaban J connectivity index is 1.59. The highest BCUT2D eigenvalue weighted by molar-refractivity contribution is 5.81. The number of rotatable bonds is 4. The zero-order valence-electron chi connectivity index (χ0n) is 12.8. The highest BCUT2D eigenvalue weighted by Gasteiger charge is 2.30. The lowest BCUT2D eigenvalue weighted by atomic mass is 9.99. The van der Waals surface area contributed by atoms with E-state index in [0.717, 1.165) is 25.3 Å². The quantitative estimate of drug-likeness (QED) is 0.864. The first-order valence-electron chi connectivity index (χ1n) is 7.79. The van der Waals surface area contributed by atoms with E-state index in [9.17, 15) is 4.79 Å². The van der Waals surface area contributed by atoms with Crippen molar-refractivity contribution in [2.75, 3.05) is 13.1 Å². The molecule has 2 aromatic rings. The Morgan fingerprint density at radius 2 is 1.73 bits per heavy atom. The third-order valence-electron chi connectivity index (χ3n) is 4.17. The highest BCUT2D eigenvalue weighted by atomic mass is 16.5. The normalized spacial score (nSPS) is 19.0. The maximum atomic E-state index is 12.5. The first-order valence-corrected chi connectivity index (χ1v) is 7.79. The Morgan fingerprint density at radius 3 is 2.41 bits per heavy atom. The van der Waals surface area contributed by atoms with Gasteiger partial charge in [0.15, 0.2) is 6.10 Å². The summed E-state index contributed by atoms with van der Waals surface area (Å²) in [5.41, 5.74) is 1.31. The third kappa shape index (κ3) is 3.30. The first kappa shape index (κ1) is 14.6. The predicted octanol–water partition coefficient (Wildman–Crippen LogP) is 3.47. The average molecular weight is 295 g/mol. The summed E-state index contributed by atoms with van der Waals surface area (Å²) >= 11 is 0. The number of para-hydroxylation sites is 1. The van der Waals surface area contributed by atoms with Gasteiger partial charge in [0.05, 0.1) is 0 Å². The van der Waals surface area contributed by atoms with Crippen molar-refractivity contribution in [3.63, 3.8) is 0 Å². The molecule has 3 rings (SSSR count). The van der Waals surface area contributed by atoms with Gasteiger partial charge in [-0.15, -0.1) is 0 Å². The fourth-order valence-corrected chi connectivity index (χ4v) is 2.97. The molecule has 1 aliphatic rings. The number of nitrogens with zero attached hydrogens (tertiary/aromatic N) is 1. The summed E-state index contributed by atoms with van der Waals surface area (Å²) in [5.74, 6) is 1.25. The van der Waals surface area contributed by atoms with Gasteiger partial charge in [0.2, 0.25) is 0 Å².